The van der Waals surface area contributed by atoms with Crippen LogP contribution in [-0.2, 0) is 11.3 Å². The molecule has 2 aromatic carbocycles. The number of furan rings is 1. The lowest BCUT2D eigenvalue weighted by Gasteiger charge is -2.10. The number of carboxylic acid groups (broad SMARTS) is 1. The number of hydrogen-bond acceptors (Lipinski definition) is 9. The summed E-state index contributed by atoms with van der Waals surface area (Å²) in [5, 5.41) is 30.2. The van der Waals surface area contributed by atoms with E-state index < -0.39 is 10.9 Å². The van der Waals surface area contributed by atoms with Gasteiger partial charge in [0.2, 0.25) is 0 Å². The molecule has 2 heterocycles. The molecule has 0 fully saturated rings. The van der Waals surface area contributed by atoms with E-state index in [4.69, 9.17) is 13.9 Å². The molecule has 0 amide bonds. The smallest absolute Gasteiger partial charge is 0.342 e. The first-order chi connectivity index (χ1) is 18.6. The third-order valence-corrected chi connectivity index (χ3v) is 7.07. The summed E-state index contributed by atoms with van der Waals surface area (Å²) >= 11 is 0.933. The van der Waals surface area contributed by atoms with Crippen LogP contribution in [0, 0.1) is 24.0 Å². The number of thioether (sulfide) groups is 1. The highest BCUT2D eigenvalue weighted by Crippen LogP contribution is 2.35. The highest BCUT2D eigenvalue weighted by atomic mass is 32.2. The molecular formula is C27H26N4O7S. The molecule has 0 radical (unpaired) electrons. The molecule has 0 aliphatic carbocycles. The van der Waals surface area contributed by atoms with Gasteiger partial charge in [0, 0.05) is 41.4 Å². The minimum Gasteiger partial charge on any atom is -0.497 e. The second-order valence-corrected chi connectivity index (χ2v) is 9.47. The maximum absolute atomic E-state index is 12.1. The molecule has 11 nitrogen and oxygen atoms in total. The highest BCUT2D eigenvalue weighted by molar-refractivity contribution is 8.04. The van der Waals surface area contributed by atoms with Crippen LogP contribution in [0.15, 0.2) is 56.9 Å². The van der Waals surface area contributed by atoms with E-state index >= 15 is 0 Å². The molecule has 12 heteroatoms. The number of hydrogen-bond donors (Lipinski definition) is 1. The zero-order valence-corrected chi connectivity index (χ0v) is 22.7. The number of nitrogens with zero attached hydrogens (tertiary/aromatic N) is 4. The SMILES string of the molecule is CCn1c(S/C(=C\c2ccc(-c3cc(C)c(C)c([N+](=O)[O-])c3)o2)C(=O)O)nnc1-c1cc(OC)cc(OC)c1. The van der Waals surface area contributed by atoms with Gasteiger partial charge >= 0.3 is 5.97 Å². The normalized spacial score (nSPS) is 11.5. The van der Waals surface area contributed by atoms with Gasteiger partial charge in [0.1, 0.15) is 27.9 Å². The average molecular weight is 551 g/mol. The quantitative estimate of drug-likeness (QED) is 0.108. The summed E-state index contributed by atoms with van der Waals surface area (Å²) in [7, 11) is 3.10. The van der Waals surface area contributed by atoms with Gasteiger partial charge in [-0.2, -0.15) is 0 Å². The van der Waals surface area contributed by atoms with Crippen molar-refractivity contribution in [2.45, 2.75) is 32.5 Å². The zero-order chi connectivity index (χ0) is 28.3. The predicted molar refractivity (Wildman–Crippen MR) is 146 cm³/mol. The Labute approximate surface area is 228 Å². The van der Waals surface area contributed by atoms with Crippen molar-refractivity contribution < 1.29 is 28.7 Å². The number of ether oxygens (including phenoxy) is 2. The number of benzene rings is 2. The van der Waals surface area contributed by atoms with Crippen LogP contribution in [0.2, 0.25) is 0 Å². The zero-order valence-electron chi connectivity index (χ0n) is 21.9. The summed E-state index contributed by atoms with van der Waals surface area (Å²) < 4.78 is 18.3. The first-order valence-corrected chi connectivity index (χ1v) is 12.6. The van der Waals surface area contributed by atoms with Crippen molar-refractivity contribution in [1.29, 1.82) is 0 Å². The minimum atomic E-state index is -1.17. The fraction of sp³-hybridized carbons (Fsp3) is 0.222. The topological polar surface area (TPSA) is 143 Å². The summed E-state index contributed by atoms with van der Waals surface area (Å²) in [5.41, 5.74) is 2.54. The Hall–Kier alpha value is -4.58. The molecule has 0 aliphatic rings. The van der Waals surface area contributed by atoms with Gasteiger partial charge in [0.15, 0.2) is 11.0 Å². The predicted octanol–water partition coefficient (Wildman–Crippen LogP) is 5.99. The number of aromatic nitrogens is 3. The number of rotatable bonds is 10. The number of nitro groups is 1. The van der Waals surface area contributed by atoms with Crippen LogP contribution >= 0.6 is 11.8 Å². The first-order valence-electron chi connectivity index (χ1n) is 11.8. The molecule has 2 aromatic heterocycles. The second-order valence-electron chi connectivity index (χ2n) is 8.46. The molecule has 202 valence electrons. The molecule has 4 aromatic rings. The largest absolute Gasteiger partial charge is 0.497 e. The van der Waals surface area contributed by atoms with Crippen LogP contribution in [0.4, 0.5) is 5.69 Å². The van der Waals surface area contributed by atoms with E-state index in [0.29, 0.717) is 51.5 Å². The van der Waals surface area contributed by atoms with E-state index in [1.54, 1.807) is 69.0 Å². The Morgan fingerprint density at radius 1 is 1.10 bits per heavy atom. The van der Waals surface area contributed by atoms with Crippen LogP contribution in [0.1, 0.15) is 23.8 Å². The highest BCUT2D eigenvalue weighted by Gasteiger charge is 2.21. The summed E-state index contributed by atoms with van der Waals surface area (Å²) in [4.78, 5) is 23.1. The van der Waals surface area contributed by atoms with E-state index in [0.717, 1.165) is 17.3 Å². The van der Waals surface area contributed by atoms with Crippen molar-refractivity contribution in [2.24, 2.45) is 0 Å². The van der Waals surface area contributed by atoms with Gasteiger partial charge in [0.05, 0.1) is 19.1 Å². The molecule has 0 unspecified atom stereocenters. The van der Waals surface area contributed by atoms with E-state index in [1.165, 1.54) is 12.1 Å². The molecule has 0 atom stereocenters. The second kappa shape index (κ2) is 11.4. The monoisotopic (exact) mass is 550 g/mol. The standard InChI is InChI=1S/C27H26N4O7S/c1-6-30-25(18-10-20(36-4)13-21(11-18)37-5)28-29-27(30)39-24(26(32)33)14-19-7-8-23(38-19)17-9-15(2)16(3)22(12-17)31(34)35/h7-14H,6H2,1-5H3,(H,32,33)/b24-14-. The molecule has 0 aliphatic heterocycles. The lowest BCUT2D eigenvalue weighted by molar-refractivity contribution is -0.385. The number of aliphatic carboxylic acids is 1. The number of carboxylic acids is 1. The molecule has 4 rings (SSSR count). The lowest BCUT2D eigenvalue weighted by atomic mass is 10.0. The average Bonchev–Trinajstić information content (AvgIpc) is 3.56. The Kier molecular flexibility index (Phi) is 8.05. The number of methoxy groups -OCH3 is 2. The van der Waals surface area contributed by atoms with Crippen LogP contribution in [0.25, 0.3) is 28.8 Å². The van der Waals surface area contributed by atoms with Gasteiger partial charge in [-0.1, -0.05) is 0 Å². The van der Waals surface area contributed by atoms with Crippen molar-refractivity contribution >= 4 is 29.5 Å². The van der Waals surface area contributed by atoms with Crippen molar-refractivity contribution in [3.63, 3.8) is 0 Å². The maximum Gasteiger partial charge on any atom is 0.342 e. The van der Waals surface area contributed by atoms with Crippen molar-refractivity contribution in [1.82, 2.24) is 14.8 Å². The molecule has 0 bridgehead atoms. The van der Waals surface area contributed by atoms with Gasteiger partial charge in [-0.3, -0.25) is 10.1 Å². The molecule has 0 spiro atoms. The van der Waals surface area contributed by atoms with Crippen molar-refractivity contribution in [3.8, 4) is 34.2 Å². The fourth-order valence-corrected chi connectivity index (χ4v) is 4.79. The Morgan fingerprint density at radius 2 is 1.79 bits per heavy atom. The van der Waals surface area contributed by atoms with Gasteiger partial charge in [-0.05, 0) is 68.4 Å². The molecular weight excluding hydrogens is 524 g/mol. The van der Waals surface area contributed by atoms with Gasteiger partial charge in [-0.15, -0.1) is 10.2 Å². The maximum atomic E-state index is 12.1. The number of nitro benzene ring substituents is 1. The fourth-order valence-electron chi connectivity index (χ4n) is 3.92. The van der Waals surface area contributed by atoms with Gasteiger partial charge in [0.25, 0.3) is 5.69 Å². The molecule has 1 N–H and O–H groups in total. The third kappa shape index (κ3) is 5.80. The van der Waals surface area contributed by atoms with Crippen LogP contribution in [0.5, 0.6) is 11.5 Å². The summed E-state index contributed by atoms with van der Waals surface area (Å²) in [6, 6.07) is 11.8. The van der Waals surface area contributed by atoms with Crippen molar-refractivity contribution in [2.75, 3.05) is 14.2 Å². The summed E-state index contributed by atoms with van der Waals surface area (Å²) in [6.07, 6.45) is 1.38. The van der Waals surface area contributed by atoms with Gasteiger partial charge < -0.3 is 23.6 Å². The van der Waals surface area contributed by atoms with E-state index in [2.05, 4.69) is 10.2 Å². The van der Waals surface area contributed by atoms with Crippen molar-refractivity contribution in [3.05, 3.63) is 74.4 Å². The van der Waals surface area contributed by atoms with E-state index in [1.807, 2.05) is 6.92 Å². The van der Waals surface area contributed by atoms with Gasteiger partial charge in [-0.25, -0.2) is 4.79 Å². The summed E-state index contributed by atoms with van der Waals surface area (Å²) in [5.74, 6) is 1.17. The lowest BCUT2D eigenvalue weighted by Crippen LogP contribution is -2.03. The first kappa shape index (κ1) is 27.5. The molecule has 0 saturated heterocycles. The molecule has 0 saturated carbocycles. The summed E-state index contributed by atoms with van der Waals surface area (Å²) in [6.45, 7) is 5.86. The minimum absolute atomic E-state index is 0.0105. The van der Waals surface area contributed by atoms with E-state index in [-0.39, 0.29) is 16.4 Å². The van der Waals surface area contributed by atoms with Crippen LogP contribution in [-0.4, -0.2) is 45.0 Å². The third-order valence-electron chi connectivity index (χ3n) is 6.08. The van der Waals surface area contributed by atoms with E-state index in [9.17, 15) is 20.0 Å². The Morgan fingerprint density at radius 3 is 2.38 bits per heavy atom. The van der Waals surface area contributed by atoms with Crippen LogP contribution < -0.4 is 9.47 Å². The van der Waals surface area contributed by atoms with Crippen LogP contribution in [0.3, 0.4) is 0 Å². The Bertz CT molecular complexity index is 1570. The number of carbonyl (C=O) groups is 1. The number of aryl methyl sites for hydroxylation is 1. The molecule has 39 heavy (non-hydrogen) atoms. The Balaban J connectivity index is 1.67.